The number of hydrogen-bond acceptors (Lipinski definition) is 4. The molecule has 0 aliphatic carbocycles. The number of nitrogens with one attached hydrogen (secondary N) is 1. The van der Waals surface area contributed by atoms with Gasteiger partial charge in [0.2, 0.25) is 0 Å². The molecule has 2 N–H and O–H groups in total. The Hall–Kier alpha value is -0.870. The van der Waals surface area contributed by atoms with Gasteiger partial charge in [-0.1, -0.05) is 64.9 Å². The van der Waals surface area contributed by atoms with Crippen molar-refractivity contribution in [2.75, 3.05) is 6.54 Å². The van der Waals surface area contributed by atoms with Gasteiger partial charge in [0, 0.05) is 25.6 Å². The number of hydrogen-bond donors (Lipinski definition) is 2. The molecule has 130 valence electrons. The maximum absolute atomic E-state index is 11.7. The fourth-order valence-corrected chi connectivity index (χ4v) is 2.46. The number of carbonyl (C=O) groups is 1. The van der Waals surface area contributed by atoms with Crippen LogP contribution in [0.2, 0.25) is 0 Å². The quantitative estimate of drug-likeness (QED) is 0.293. The topological polar surface area (TPSA) is 52.6 Å². The molecular formula is C18H36N2O2. The molecule has 0 aliphatic heterocycles. The predicted octanol–water partition coefficient (Wildman–Crippen LogP) is 4.99. The monoisotopic (exact) mass is 312 g/mol. The average molecular weight is 312 g/mol. The third-order valence-electron chi connectivity index (χ3n) is 3.89. The summed E-state index contributed by atoms with van der Waals surface area (Å²) < 4.78 is 0. The Labute approximate surface area is 136 Å². The molecule has 0 heterocycles. The number of Topliss-reactive ketones (excluding diaryl/α,β-unsaturated/α-hetero) is 1. The van der Waals surface area contributed by atoms with Gasteiger partial charge < -0.3 is 0 Å². The highest BCUT2D eigenvalue weighted by Crippen LogP contribution is 2.10. The van der Waals surface area contributed by atoms with Crippen LogP contribution in [0.3, 0.4) is 0 Å². The van der Waals surface area contributed by atoms with Crippen LogP contribution < -0.4 is 5.43 Å². The zero-order valence-corrected chi connectivity index (χ0v) is 14.5. The molecule has 0 amide bonds. The third-order valence-corrected chi connectivity index (χ3v) is 3.89. The van der Waals surface area contributed by atoms with Gasteiger partial charge >= 0.3 is 0 Å². The lowest BCUT2D eigenvalue weighted by Crippen LogP contribution is -2.30. The molecule has 22 heavy (non-hydrogen) atoms. The summed E-state index contributed by atoms with van der Waals surface area (Å²) in [6.07, 6.45) is 15.8. The van der Waals surface area contributed by atoms with Crippen LogP contribution in [0.4, 0.5) is 0 Å². The molecule has 0 saturated carbocycles. The third kappa shape index (κ3) is 15.5. The van der Waals surface area contributed by atoms with Crippen LogP contribution in [0.15, 0.2) is 12.8 Å². The summed E-state index contributed by atoms with van der Waals surface area (Å²) in [5, 5.41) is 9.95. The van der Waals surface area contributed by atoms with Crippen LogP contribution in [0, 0.1) is 0 Å². The van der Waals surface area contributed by atoms with E-state index in [9.17, 15) is 4.79 Å². The molecule has 0 fully saturated rings. The maximum atomic E-state index is 11.7. The number of hydroxylamine groups is 1. The Bertz CT molecular complexity index is 270. The Morgan fingerprint density at radius 3 is 2.00 bits per heavy atom. The molecule has 0 atom stereocenters. The number of nitrogens with zero attached hydrogens (tertiary/aromatic N) is 1. The van der Waals surface area contributed by atoms with Crippen molar-refractivity contribution in [1.82, 2.24) is 10.6 Å². The van der Waals surface area contributed by atoms with E-state index >= 15 is 0 Å². The summed E-state index contributed by atoms with van der Waals surface area (Å²) in [7, 11) is 0. The summed E-state index contributed by atoms with van der Waals surface area (Å²) in [5.74, 6) is 0.444. The molecule has 4 nitrogen and oxygen atoms in total. The highest BCUT2D eigenvalue weighted by Gasteiger charge is 2.02. The van der Waals surface area contributed by atoms with Crippen LogP contribution in [0.1, 0.15) is 90.4 Å². The minimum atomic E-state index is 0.444. The van der Waals surface area contributed by atoms with E-state index in [1.165, 1.54) is 38.3 Å². The van der Waals surface area contributed by atoms with E-state index in [-0.39, 0.29) is 0 Å². The van der Waals surface area contributed by atoms with E-state index < -0.39 is 0 Å². The fourth-order valence-electron chi connectivity index (χ4n) is 2.46. The zero-order valence-electron chi connectivity index (χ0n) is 14.5. The molecule has 0 unspecified atom stereocenters. The summed E-state index contributed by atoms with van der Waals surface area (Å²) in [5.41, 5.74) is 2.80. The summed E-state index contributed by atoms with van der Waals surface area (Å²) in [4.78, 5) is 11.7. The molecule has 0 aromatic rings. The summed E-state index contributed by atoms with van der Waals surface area (Å²) >= 11 is 0. The van der Waals surface area contributed by atoms with Crippen molar-refractivity contribution >= 4 is 5.78 Å². The standard InChI is InChI=1S/C18H36N2O2/c1-3-5-6-7-9-12-15-18(21)16-13-10-8-11-14-17-19-20(22)4-2/h4,19,22H,2-3,5-17H2,1H3. The minimum Gasteiger partial charge on any atom is -0.300 e. The van der Waals surface area contributed by atoms with E-state index in [4.69, 9.17) is 5.21 Å². The minimum absolute atomic E-state index is 0.444. The van der Waals surface area contributed by atoms with Gasteiger partial charge in [-0.2, -0.15) is 5.17 Å². The average Bonchev–Trinajstić information content (AvgIpc) is 2.52. The molecule has 0 rings (SSSR count). The van der Waals surface area contributed by atoms with Gasteiger partial charge in [-0.15, -0.1) is 0 Å². The number of hydrazine groups is 1. The Kier molecular flexibility index (Phi) is 15.8. The number of carbonyl (C=O) groups excluding carboxylic acids is 1. The Balaban J connectivity index is 3.20. The maximum Gasteiger partial charge on any atom is 0.132 e. The van der Waals surface area contributed by atoms with E-state index in [0.29, 0.717) is 5.78 Å². The normalized spacial score (nSPS) is 10.6. The first-order chi connectivity index (χ1) is 10.7. The summed E-state index contributed by atoms with van der Waals surface area (Å²) in [6.45, 7) is 6.41. The lowest BCUT2D eigenvalue weighted by molar-refractivity contribution is -0.119. The predicted molar refractivity (Wildman–Crippen MR) is 92.5 cm³/mol. The van der Waals surface area contributed by atoms with Crippen molar-refractivity contribution in [2.24, 2.45) is 0 Å². The van der Waals surface area contributed by atoms with Crippen molar-refractivity contribution < 1.29 is 10.0 Å². The van der Waals surface area contributed by atoms with Gasteiger partial charge in [0.1, 0.15) is 5.78 Å². The highest BCUT2D eigenvalue weighted by atomic mass is 16.5. The van der Waals surface area contributed by atoms with Crippen LogP contribution in [0.5, 0.6) is 0 Å². The van der Waals surface area contributed by atoms with Crippen molar-refractivity contribution in [3.8, 4) is 0 Å². The van der Waals surface area contributed by atoms with Crippen molar-refractivity contribution in [3.05, 3.63) is 12.8 Å². The van der Waals surface area contributed by atoms with Gasteiger partial charge in [0.15, 0.2) is 0 Å². The largest absolute Gasteiger partial charge is 0.300 e. The Morgan fingerprint density at radius 2 is 1.45 bits per heavy atom. The molecule has 0 radical (unpaired) electrons. The SMILES string of the molecule is C=CN(O)NCCCCCCCC(=O)CCCCCCCC. The van der Waals surface area contributed by atoms with Crippen LogP contribution in [-0.4, -0.2) is 22.7 Å². The molecule has 0 aliphatic rings. The Morgan fingerprint density at radius 1 is 0.955 bits per heavy atom. The van der Waals surface area contributed by atoms with Gasteiger partial charge in [0.05, 0.1) is 0 Å². The smallest absolute Gasteiger partial charge is 0.132 e. The number of unbranched alkanes of at least 4 members (excludes halogenated alkanes) is 9. The molecule has 0 aromatic carbocycles. The fraction of sp³-hybridized carbons (Fsp3) is 0.833. The number of rotatable bonds is 17. The van der Waals surface area contributed by atoms with E-state index in [2.05, 4.69) is 18.9 Å². The molecule has 0 aromatic heterocycles. The molecule has 0 saturated heterocycles. The first-order valence-electron chi connectivity index (χ1n) is 9.06. The molecule has 4 heteroatoms. The van der Waals surface area contributed by atoms with E-state index in [1.807, 2.05) is 0 Å². The lowest BCUT2D eigenvalue weighted by Gasteiger charge is -2.11. The summed E-state index contributed by atoms with van der Waals surface area (Å²) in [6, 6.07) is 0. The first-order valence-corrected chi connectivity index (χ1v) is 9.06. The molecule has 0 spiro atoms. The zero-order chi connectivity index (χ0) is 16.5. The van der Waals surface area contributed by atoms with Crippen LogP contribution in [-0.2, 0) is 4.79 Å². The van der Waals surface area contributed by atoms with Gasteiger partial charge in [-0.05, 0) is 19.3 Å². The number of ketones is 1. The second-order valence-corrected chi connectivity index (χ2v) is 6.01. The van der Waals surface area contributed by atoms with Crippen molar-refractivity contribution in [2.45, 2.75) is 90.4 Å². The first kappa shape index (κ1) is 21.1. The van der Waals surface area contributed by atoms with Gasteiger partial charge in [-0.3, -0.25) is 10.0 Å². The van der Waals surface area contributed by atoms with Crippen molar-refractivity contribution in [1.29, 1.82) is 0 Å². The highest BCUT2D eigenvalue weighted by molar-refractivity contribution is 5.78. The van der Waals surface area contributed by atoms with Gasteiger partial charge in [-0.25, -0.2) is 5.43 Å². The van der Waals surface area contributed by atoms with E-state index in [0.717, 1.165) is 63.1 Å². The molecular weight excluding hydrogens is 276 g/mol. The van der Waals surface area contributed by atoms with Gasteiger partial charge in [0.25, 0.3) is 0 Å². The lowest BCUT2D eigenvalue weighted by atomic mass is 10.0. The van der Waals surface area contributed by atoms with Crippen LogP contribution in [0.25, 0.3) is 0 Å². The van der Waals surface area contributed by atoms with E-state index in [1.54, 1.807) is 0 Å². The van der Waals surface area contributed by atoms with Crippen LogP contribution >= 0.6 is 0 Å². The second kappa shape index (κ2) is 16.5. The molecule has 0 bridgehead atoms. The second-order valence-electron chi connectivity index (χ2n) is 6.01. The van der Waals surface area contributed by atoms with Crippen molar-refractivity contribution in [3.63, 3.8) is 0 Å².